The van der Waals surface area contributed by atoms with E-state index < -0.39 is 10.0 Å². The number of ether oxygens (including phenoxy) is 1. The Labute approximate surface area is 156 Å². The molecule has 0 aromatic heterocycles. The SMILES string of the molecule is COc1ccc(C)cc1S(=O)(=O)N1CCC(C(=O)NC2CCCC2)CC1. The lowest BCUT2D eigenvalue weighted by molar-refractivity contribution is -0.126. The zero-order valence-corrected chi connectivity index (χ0v) is 16.3. The van der Waals surface area contributed by atoms with Crippen molar-refractivity contribution in [2.45, 2.75) is 56.4 Å². The Bertz CT molecular complexity index is 749. The second kappa shape index (κ2) is 7.96. The molecule has 1 N–H and O–H groups in total. The highest BCUT2D eigenvalue weighted by molar-refractivity contribution is 7.89. The second-order valence-corrected chi connectivity index (χ2v) is 9.23. The average molecular weight is 381 g/mol. The first-order valence-electron chi connectivity index (χ1n) is 9.37. The number of piperidine rings is 1. The van der Waals surface area contributed by atoms with Crippen LogP contribution in [0.1, 0.15) is 44.1 Å². The number of aryl methyl sites for hydroxylation is 1. The zero-order valence-electron chi connectivity index (χ0n) is 15.5. The lowest BCUT2D eigenvalue weighted by Gasteiger charge is -2.31. The van der Waals surface area contributed by atoms with Crippen LogP contribution in [0.2, 0.25) is 0 Å². The molecule has 3 rings (SSSR count). The topological polar surface area (TPSA) is 75.7 Å². The first-order chi connectivity index (χ1) is 12.4. The Morgan fingerprint density at radius 1 is 1.15 bits per heavy atom. The van der Waals surface area contributed by atoms with Crippen LogP contribution in [0, 0.1) is 12.8 Å². The summed E-state index contributed by atoms with van der Waals surface area (Å²) in [4.78, 5) is 12.6. The normalized spacial score (nSPS) is 20.2. The van der Waals surface area contributed by atoms with Crippen molar-refractivity contribution in [1.29, 1.82) is 0 Å². The Kier molecular flexibility index (Phi) is 5.87. The fraction of sp³-hybridized carbons (Fsp3) is 0.632. The number of nitrogens with zero attached hydrogens (tertiary/aromatic N) is 1. The van der Waals surface area contributed by atoms with Crippen LogP contribution in [-0.2, 0) is 14.8 Å². The summed E-state index contributed by atoms with van der Waals surface area (Å²) in [6.07, 6.45) is 5.61. The lowest BCUT2D eigenvalue weighted by Crippen LogP contribution is -2.44. The number of amides is 1. The Morgan fingerprint density at radius 3 is 2.42 bits per heavy atom. The second-order valence-electron chi connectivity index (χ2n) is 7.32. The van der Waals surface area contributed by atoms with E-state index in [0.29, 0.717) is 37.7 Å². The summed E-state index contributed by atoms with van der Waals surface area (Å²) < 4.78 is 32.8. The van der Waals surface area contributed by atoms with Crippen LogP contribution in [0.25, 0.3) is 0 Å². The molecule has 7 heteroatoms. The lowest BCUT2D eigenvalue weighted by atomic mass is 9.97. The summed E-state index contributed by atoms with van der Waals surface area (Å²) in [7, 11) is -2.15. The maximum absolute atomic E-state index is 13.0. The van der Waals surface area contributed by atoms with Gasteiger partial charge in [0.15, 0.2) is 0 Å². The minimum absolute atomic E-state index is 0.0853. The highest BCUT2D eigenvalue weighted by atomic mass is 32.2. The van der Waals surface area contributed by atoms with Gasteiger partial charge in [0.25, 0.3) is 0 Å². The van der Waals surface area contributed by atoms with Crippen LogP contribution >= 0.6 is 0 Å². The van der Waals surface area contributed by atoms with Gasteiger partial charge in [0.1, 0.15) is 10.6 Å². The smallest absolute Gasteiger partial charge is 0.246 e. The number of hydrogen-bond acceptors (Lipinski definition) is 4. The van der Waals surface area contributed by atoms with Crippen molar-refractivity contribution < 1.29 is 17.9 Å². The standard InChI is InChI=1S/C19H28N2O4S/c1-14-7-8-17(25-2)18(13-14)26(23,24)21-11-9-15(10-12-21)19(22)20-16-5-3-4-6-16/h7-8,13,15-16H,3-6,9-12H2,1-2H3,(H,20,22). The molecule has 6 nitrogen and oxygen atoms in total. The van der Waals surface area contributed by atoms with E-state index in [9.17, 15) is 13.2 Å². The third kappa shape index (κ3) is 4.04. The number of benzene rings is 1. The van der Waals surface area contributed by atoms with Gasteiger partial charge in [-0.05, 0) is 50.3 Å². The number of carbonyl (C=O) groups excluding carboxylic acids is 1. The van der Waals surface area contributed by atoms with Gasteiger partial charge in [-0.25, -0.2) is 8.42 Å². The predicted octanol–water partition coefficient (Wildman–Crippen LogP) is 2.46. The molecule has 144 valence electrons. The van der Waals surface area contributed by atoms with Crippen LogP contribution < -0.4 is 10.1 Å². The maximum Gasteiger partial charge on any atom is 0.246 e. The molecule has 1 saturated carbocycles. The summed E-state index contributed by atoms with van der Waals surface area (Å²) in [6.45, 7) is 2.59. The van der Waals surface area contributed by atoms with E-state index in [0.717, 1.165) is 18.4 Å². The van der Waals surface area contributed by atoms with Gasteiger partial charge >= 0.3 is 0 Å². The highest BCUT2D eigenvalue weighted by Gasteiger charge is 2.34. The molecule has 0 spiro atoms. The van der Waals surface area contributed by atoms with Crippen molar-refractivity contribution in [2.75, 3.05) is 20.2 Å². The van der Waals surface area contributed by atoms with Gasteiger partial charge in [0.05, 0.1) is 7.11 Å². The molecule has 1 saturated heterocycles. The predicted molar refractivity (Wildman–Crippen MR) is 99.6 cm³/mol. The summed E-state index contributed by atoms with van der Waals surface area (Å²) in [5.74, 6) is 0.347. The van der Waals surface area contributed by atoms with E-state index in [1.54, 1.807) is 12.1 Å². The molecule has 1 aliphatic heterocycles. The molecule has 1 aliphatic carbocycles. The van der Waals surface area contributed by atoms with Gasteiger partial charge in [0.2, 0.25) is 15.9 Å². The van der Waals surface area contributed by atoms with Crippen molar-refractivity contribution in [1.82, 2.24) is 9.62 Å². The molecule has 2 aliphatic rings. The first kappa shape index (κ1) is 19.2. The molecule has 2 fully saturated rings. The summed E-state index contributed by atoms with van der Waals surface area (Å²) >= 11 is 0. The molecule has 0 radical (unpaired) electrons. The maximum atomic E-state index is 13.0. The fourth-order valence-electron chi connectivity index (χ4n) is 3.87. The van der Waals surface area contributed by atoms with Gasteiger partial charge in [-0.15, -0.1) is 0 Å². The monoisotopic (exact) mass is 380 g/mol. The van der Waals surface area contributed by atoms with Gasteiger partial charge < -0.3 is 10.1 Å². The van der Waals surface area contributed by atoms with Gasteiger partial charge in [0, 0.05) is 25.0 Å². The third-order valence-corrected chi connectivity index (χ3v) is 7.38. The van der Waals surface area contributed by atoms with Crippen LogP contribution in [0.5, 0.6) is 5.75 Å². The summed E-state index contributed by atoms with van der Waals surface area (Å²) in [5.41, 5.74) is 0.871. The molecule has 1 amide bonds. The molecule has 1 heterocycles. The first-order valence-corrected chi connectivity index (χ1v) is 10.8. The summed E-state index contributed by atoms with van der Waals surface area (Å²) in [6, 6.07) is 5.47. The minimum atomic E-state index is -3.62. The summed E-state index contributed by atoms with van der Waals surface area (Å²) in [5, 5.41) is 3.13. The van der Waals surface area contributed by atoms with E-state index in [4.69, 9.17) is 4.74 Å². The number of methoxy groups -OCH3 is 1. The van der Waals surface area contributed by atoms with Crippen molar-refractivity contribution in [3.05, 3.63) is 23.8 Å². The highest BCUT2D eigenvalue weighted by Crippen LogP contribution is 2.30. The Balaban J connectivity index is 1.65. The van der Waals surface area contributed by atoms with E-state index in [1.165, 1.54) is 24.3 Å². The zero-order chi connectivity index (χ0) is 18.7. The fourth-order valence-corrected chi connectivity index (χ4v) is 5.58. The van der Waals surface area contributed by atoms with E-state index in [1.807, 2.05) is 13.0 Å². The Morgan fingerprint density at radius 2 is 1.81 bits per heavy atom. The average Bonchev–Trinajstić information content (AvgIpc) is 3.14. The number of carbonyl (C=O) groups is 1. The van der Waals surface area contributed by atoms with Crippen molar-refractivity contribution in [2.24, 2.45) is 5.92 Å². The van der Waals surface area contributed by atoms with Gasteiger partial charge in [-0.3, -0.25) is 4.79 Å². The molecular formula is C19H28N2O4S. The molecule has 26 heavy (non-hydrogen) atoms. The van der Waals surface area contributed by atoms with Crippen LogP contribution in [0.15, 0.2) is 23.1 Å². The van der Waals surface area contributed by atoms with Gasteiger partial charge in [-0.2, -0.15) is 4.31 Å². The largest absolute Gasteiger partial charge is 0.495 e. The quantitative estimate of drug-likeness (QED) is 0.851. The van der Waals surface area contributed by atoms with Crippen molar-refractivity contribution >= 4 is 15.9 Å². The van der Waals surface area contributed by atoms with Gasteiger partial charge in [-0.1, -0.05) is 18.9 Å². The molecule has 0 unspecified atom stereocenters. The van der Waals surface area contributed by atoms with Crippen LogP contribution in [-0.4, -0.2) is 44.9 Å². The van der Waals surface area contributed by atoms with Crippen LogP contribution in [0.3, 0.4) is 0 Å². The third-order valence-electron chi connectivity index (χ3n) is 5.46. The molecule has 0 atom stereocenters. The number of nitrogens with one attached hydrogen (secondary N) is 1. The van der Waals surface area contributed by atoms with Crippen molar-refractivity contribution in [3.63, 3.8) is 0 Å². The van der Waals surface area contributed by atoms with E-state index in [2.05, 4.69) is 5.32 Å². The van der Waals surface area contributed by atoms with Crippen LogP contribution in [0.4, 0.5) is 0 Å². The molecule has 0 bridgehead atoms. The molecule has 1 aromatic rings. The molecule has 1 aromatic carbocycles. The number of sulfonamides is 1. The van der Waals surface area contributed by atoms with E-state index >= 15 is 0 Å². The van der Waals surface area contributed by atoms with Crippen molar-refractivity contribution in [3.8, 4) is 5.75 Å². The number of rotatable bonds is 5. The Hall–Kier alpha value is -1.60. The molecular weight excluding hydrogens is 352 g/mol. The minimum Gasteiger partial charge on any atom is -0.495 e. The number of hydrogen-bond donors (Lipinski definition) is 1. The van der Waals surface area contributed by atoms with E-state index in [-0.39, 0.29) is 16.7 Å².